The van der Waals surface area contributed by atoms with Crippen molar-refractivity contribution in [3.63, 3.8) is 0 Å². The van der Waals surface area contributed by atoms with Gasteiger partial charge in [-0.05, 0) is 51.6 Å². The Hall–Kier alpha value is -1.61. The van der Waals surface area contributed by atoms with Crippen LogP contribution in [0.3, 0.4) is 0 Å². The summed E-state index contributed by atoms with van der Waals surface area (Å²) >= 11 is 0. The first-order valence-electron chi connectivity index (χ1n) is 8.35. The first kappa shape index (κ1) is 14.0. The number of likely N-dealkylation sites (N-methyl/N-ethyl adjacent to an activating group) is 1. The largest absolute Gasteiger partial charge is 0.361 e. The molecule has 3 nitrogen and oxygen atoms in total. The number of hydrogen-bond donors (Lipinski definition) is 0. The summed E-state index contributed by atoms with van der Waals surface area (Å²) in [6, 6.07) is 12.5. The Bertz CT molecular complexity index is 660. The molecule has 2 aliphatic rings. The first-order chi connectivity index (χ1) is 10.6. The third kappa shape index (κ3) is 2.19. The highest BCUT2D eigenvalue weighted by atomic mass is 16.5. The zero-order valence-electron chi connectivity index (χ0n) is 13.6. The summed E-state index contributed by atoms with van der Waals surface area (Å²) in [5, 5.41) is 4.15. The normalized spacial score (nSPS) is 31.6. The van der Waals surface area contributed by atoms with Crippen molar-refractivity contribution in [1.82, 2.24) is 10.1 Å². The third-order valence-corrected chi connectivity index (χ3v) is 5.75. The molecule has 0 aliphatic carbocycles. The van der Waals surface area contributed by atoms with Gasteiger partial charge in [0.2, 0.25) is 0 Å². The molecule has 4 atom stereocenters. The summed E-state index contributed by atoms with van der Waals surface area (Å²) in [6.45, 7) is 4.16. The van der Waals surface area contributed by atoms with E-state index in [-0.39, 0.29) is 0 Å². The molecule has 0 spiro atoms. The van der Waals surface area contributed by atoms with E-state index in [1.54, 1.807) is 0 Å². The summed E-state index contributed by atoms with van der Waals surface area (Å²) in [4.78, 5) is 2.58. The Morgan fingerprint density at radius 2 is 1.91 bits per heavy atom. The second-order valence-electron chi connectivity index (χ2n) is 7.11. The number of aryl methyl sites for hydroxylation is 2. The molecule has 0 radical (unpaired) electrons. The predicted octanol–water partition coefficient (Wildman–Crippen LogP) is 4.03. The van der Waals surface area contributed by atoms with E-state index in [1.165, 1.54) is 30.4 Å². The van der Waals surface area contributed by atoms with Crippen molar-refractivity contribution in [3.05, 3.63) is 52.9 Å². The van der Waals surface area contributed by atoms with E-state index in [1.807, 2.05) is 6.92 Å². The molecule has 22 heavy (non-hydrogen) atoms. The molecule has 0 saturated carbocycles. The van der Waals surface area contributed by atoms with Crippen LogP contribution in [0.25, 0.3) is 0 Å². The average molecular weight is 296 g/mol. The van der Waals surface area contributed by atoms with Crippen LogP contribution in [0.15, 0.2) is 34.9 Å². The van der Waals surface area contributed by atoms with E-state index in [0.29, 0.717) is 17.9 Å². The van der Waals surface area contributed by atoms with Gasteiger partial charge in [-0.1, -0.05) is 35.0 Å². The number of aromatic nitrogens is 1. The van der Waals surface area contributed by atoms with E-state index in [4.69, 9.17) is 4.52 Å². The van der Waals surface area contributed by atoms with Gasteiger partial charge in [0.15, 0.2) is 0 Å². The third-order valence-electron chi connectivity index (χ3n) is 5.75. The topological polar surface area (TPSA) is 29.3 Å². The van der Waals surface area contributed by atoms with Crippen LogP contribution in [0.1, 0.15) is 53.7 Å². The molecule has 4 rings (SSSR count). The van der Waals surface area contributed by atoms with Crippen LogP contribution < -0.4 is 0 Å². The standard InChI is InChI=1S/C19H24N2O/c1-12-4-6-14(7-5-12)16-11-15-8-9-17(21(15)3)19(16)18-10-13(2)20-22-18/h4-7,10,15-17,19H,8-9,11H2,1-3H3/t15?,16-,17?,19?/m1/s1. The van der Waals surface area contributed by atoms with E-state index in [0.717, 1.165) is 17.5 Å². The molecule has 1 aromatic carbocycles. The minimum absolute atomic E-state index is 0.424. The Kier molecular flexibility index (Phi) is 3.33. The van der Waals surface area contributed by atoms with Crippen LogP contribution >= 0.6 is 0 Å². The van der Waals surface area contributed by atoms with Crippen molar-refractivity contribution in [3.8, 4) is 0 Å². The molecule has 3 heterocycles. The summed E-state index contributed by atoms with van der Waals surface area (Å²) < 4.78 is 5.70. The minimum Gasteiger partial charge on any atom is -0.361 e. The molecule has 3 heteroatoms. The number of nitrogens with zero attached hydrogens (tertiary/aromatic N) is 2. The van der Waals surface area contributed by atoms with Gasteiger partial charge in [-0.25, -0.2) is 0 Å². The molecular weight excluding hydrogens is 272 g/mol. The van der Waals surface area contributed by atoms with Gasteiger partial charge in [0.1, 0.15) is 5.76 Å². The molecule has 116 valence electrons. The van der Waals surface area contributed by atoms with Crippen LogP contribution in [-0.4, -0.2) is 29.2 Å². The second-order valence-corrected chi connectivity index (χ2v) is 7.11. The van der Waals surface area contributed by atoms with Crippen molar-refractivity contribution in [1.29, 1.82) is 0 Å². The maximum atomic E-state index is 5.70. The lowest BCUT2D eigenvalue weighted by Crippen LogP contribution is -2.44. The molecule has 0 N–H and O–H groups in total. The highest BCUT2D eigenvalue weighted by molar-refractivity contribution is 5.31. The van der Waals surface area contributed by atoms with E-state index >= 15 is 0 Å². The maximum Gasteiger partial charge on any atom is 0.142 e. The molecule has 2 bridgehead atoms. The van der Waals surface area contributed by atoms with Gasteiger partial charge < -0.3 is 4.52 Å². The first-order valence-corrected chi connectivity index (χ1v) is 8.35. The Morgan fingerprint density at radius 1 is 1.14 bits per heavy atom. The van der Waals surface area contributed by atoms with Crippen LogP contribution in [0.5, 0.6) is 0 Å². The number of benzene rings is 1. The molecular formula is C19H24N2O. The predicted molar refractivity (Wildman–Crippen MR) is 87.1 cm³/mol. The average Bonchev–Trinajstić information content (AvgIpc) is 3.02. The van der Waals surface area contributed by atoms with Crippen molar-refractivity contribution in [2.45, 2.75) is 57.0 Å². The van der Waals surface area contributed by atoms with Crippen molar-refractivity contribution in [2.24, 2.45) is 0 Å². The van der Waals surface area contributed by atoms with Gasteiger partial charge in [0, 0.05) is 24.1 Å². The lowest BCUT2D eigenvalue weighted by molar-refractivity contribution is 0.122. The molecule has 1 aromatic heterocycles. The van der Waals surface area contributed by atoms with Crippen LogP contribution in [0.4, 0.5) is 0 Å². The number of rotatable bonds is 2. The molecule has 2 saturated heterocycles. The monoisotopic (exact) mass is 296 g/mol. The molecule has 0 amide bonds. The molecule has 3 unspecified atom stereocenters. The van der Waals surface area contributed by atoms with Gasteiger partial charge in [0.25, 0.3) is 0 Å². The van der Waals surface area contributed by atoms with Crippen LogP contribution in [0.2, 0.25) is 0 Å². The second kappa shape index (κ2) is 5.24. The molecule has 2 fully saturated rings. The summed E-state index contributed by atoms with van der Waals surface area (Å²) in [6.07, 6.45) is 3.81. The highest BCUT2D eigenvalue weighted by Crippen LogP contribution is 2.50. The number of fused-ring (bicyclic) bond motifs is 2. The van der Waals surface area contributed by atoms with Crippen molar-refractivity contribution < 1.29 is 4.52 Å². The fourth-order valence-corrected chi connectivity index (χ4v) is 4.55. The van der Waals surface area contributed by atoms with E-state index < -0.39 is 0 Å². The molecule has 2 aliphatic heterocycles. The highest BCUT2D eigenvalue weighted by Gasteiger charge is 2.47. The Balaban J connectivity index is 1.76. The van der Waals surface area contributed by atoms with Crippen molar-refractivity contribution >= 4 is 0 Å². The smallest absolute Gasteiger partial charge is 0.142 e. The zero-order valence-corrected chi connectivity index (χ0v) is 13.6. The Morgan fingerprint density at radius 3 is 2.59 bits per heavy atom. The SMILES string of the molecule is Cc1ccc([C@H]2CC3CCC(C2c2cc(C)no2)N3C)cc1. The van der Waals surface area contributed by atoms with E-state index in [2.05, 4.69) is 54.4 Å². The van der Waals surface area contributed by atoms with Gasteiger partial charge >= 0.3 is 0 Å². The summed E-state index contributed by atoms with van der Waals surface area (Å²) in [5.41, 5.74) is 3.77. The van der Waals surface area contributed by atoms with Crippen LogP contribution in [-0.2, 0) is 0 Å². The quantitative estimate of drug-likeness (QED) is 0.838. The van der Waals surface area contributed by atoms with Crippen LogP contribution in [0, 0.1) is 13.8 Å². The summed E-state index contributed by atoms with van der Waals surface area (Å²) in [5.74, 6) is 2.04. The van der Waals surface area contributed by atoms with Gasteiger partial charge in [-0.3, -0.25) is 4.90 Å². The van der Waals surface area contributed by atoms with Gasteiger partial charge in [-0.2, -0.15) is 0 Å². The number of piperidine rings is 1. The fourth-order valence-electron chi connectivity index (χ4n) is 4.55. The molecule has 2 aromatic rings. The maximum absolute atomic E-state index is 5.70. The van der Waals surface area contributed by atoms with Crippen molar-refractivity contribution in [2.75, 3.05) is 7.05 Å². The lowest BCUT2D eigenvalue weighted by Gasteiger charge is -2.42. The van der Waals surface area contributed by atoms with Gasteiger partial charge in [0.05, 0.1) is 5.69 Å². The minimum atomic E-state index is 0.424. The number of hydrogen-bond acceptors (Lipinski definition) is 3. The Labute approximate surface area is 132 Å². The van der Waals surface area contributed by atoms with E-state index in [9.17, 15) is 0 Å². The lowest BCUT2D eigenvalue weighted by atomic mass is 9.75. The fraction of sp³-hybridized carbons (Fsp3) is 0.526. The van der Waals surface area contributed by atoms with Gasteiger partial charge in [-0.15, -0.1) is 0 Å². The summed E-state index contributed by atoms with van der Waals surface area (Å²) in [7, 11) is 2.28. The zero-order chi connectivity index (χ0) is 15.3.